The average molecular weight is 204 g/mol. The molecule has 2 unspecified atom stereocenters. The van der Waals surface area contributed by atoms with Gasteiger partial charge in [0.1, 0.15) is 0 Å². The summed E-state index contributed by atoms with van der Waals surface area (Å²) < 4.78 is 0. The fourth-order valence-electron chi connectivity index (χ4n) is 1.67. The molecule has 80 valence electrons. The van der Waals surface area contributed by atoms with Gasteiger partial charge >= 0.3 is 0 Å². The van der Waals surface area contributed by atoms with E-state index in [-0.39, 0.29) is 5.91 Å². The van der Waals surface area contributed by atoms with Crippen LogP contribution in [0.1, 0.15) is 18.9 Å². The van der Waals surface area contributed by atoms with Crippen LogP contribution >= 0.6 is 0 Å². The first kappa shape index (κ1) is 10.0. The maximum absolute atomic E-state index is 11.6. The van der Waals surface area contributed by atoms with Crippen molar-refractivity contribution in [3.05, 3.63) is 29.8 Å². The monoisotopic (exact) mass is 204 g/mol. The van der Waals surface area contributed by atoms with Gasteiger partial charge in [-0.2, -0.15) is 0 Å². The molecule has 0 heterocycles. The molecule has 1 amide bonds. The van der Waals surface area contributed by atoms with Crippen molar-refractivity contribution in [1.82, 2.24) is 5.32 Å². The van der Waals surface area contributed by atoms with E-state index in [1.807, 2.05) is 24.3 Å². The Kier molecular flexibility index (Phi) is 2.62. The van der Waals surface area contributed by atoms with Crippen LogP contribution in [0.15, 0.2) is 24.3 Å². The number of nitrogen functional groups attached to an aromatic ring is 1. The molecule has 2 rings (SSSR count). The predicted molar refractivity (Wildman–Crippen MR) is 60.3 cm³/mol. The van der Waals surface area contributed by atoms with Crippen molar-refractivity contribution >= 4 is 11.6 Å². The number of anilines is 1. The Labute approximate surface area is 89.7 Å². The first-order valence-corrected chi connectivity index (χ1v) is 5.29. The van der Waals surface area contributed by atoms with Crippen LogP contribution < -0.4 is 11.1 Å². The predicted octanol–water partition coefficient (Wildman–Crippen LogP) is 1.34. The molecule has 0 bridgehead atoms. The van der Waals surface area contributed by atoms with Gasteiger partial charge in [0.25, 0.3) is 0 Å². The van der Waals surface area contributed by atoms with Gasteiger partial charge in [-0.25, -0.2) is 0 Å². The van der Waals surface area contributed by atoms with E-state index < -0.39 is 0 Å². The normalized spacial score (nSPS) is 23.5. The van der Waals surface area contributed by atoms with Gasteiger partial charge in [-0.15, -0.1) is 0 Å². The molecule has 1 fully saturated rings. The number of amides is 1. The third kappa shape index (κ3) is 2.72. The lowest BCUT2D eigenvalue weighted by Gasteiger charge is -2.04. The van der Waals surface area contributed by atoms with Crippen molar-refractivity contribution in [1.29, 1.82) is 0 Å². The van der Waals surface area contributed by atoms with Gasteiger partial charge in [-0.05, 0) is 30.0 Å². The summed E-state index contributed by atoms with van der Waals surface area (Å²) in [4.78, 5) is 11.6. The highest BCUT2D eigenvalue weighted by molar-refractivity contribution is 5.79. The molecule has 0 aliphatic heterocycles. The second kappa shape index (κ2) is 3.93. The van der Waals surface area contributed by atoms with Crippen molar-refractivity contribution in [2.75, 3.05) is 5.73 Å². The standard InChI is InChI=1S/C12H16N2O/c1-8-5-11(8)14-12(15)7-9-3-2-4-10(13)6-9/h2-4,6,8,11H,5,7,13H2,1H3,(H,14,15). The van der Waals surface area contributed by atoms with E-state index >= 15 is 0 Å². The molecule has 0 aromatic heterocycles. The fourth-order valence-corrected chi connectivity index (χ4v) is 1.67. The molecule has 0 saturated heterocycles. The van der Waals surface area contributed by atoms with Crippen molar-refractivity contribution in [2.45, 2.75) is 25.8 Å². The zero-order valence-electron chi connectivity index (χ0n) is 8.86. The molecule has 3 heteroatoms. The number of nitrogens with one attached hydrogen (secondary N) is 1. The van der Waals surface area contributed by atoms with Crippen LogP contribution in [-0.2, 0) is 11.2 Å². The van der Waals surface area contributed by atoms with Crippen LogP contribution in [0.3, 0.4) is 0 Å². The second-order valence-corrected chi connectivity index (χ2v) is 4.31. The van der Waals surface area contributed by atoms with Gasteiger partial charge in [0, 0.05) is 11.7 Å². The minimum absolute atomic E-state index is 0.0925. The summed E-state index contributed by atoms with van der Waals surface area (Å²) in [5.74, 6) is 0.741. The number of carbonyl (C=O) groups is 1. The summed E-state index contributed by atoms with van der Waals surface area (Å²) in [5.41, 5.74) is 7.32. The third-order valence-corrected chi connectivity index (χ3v) is 2.77. The number of nitrogens with two attached hydrogens (primary N) is 1. The maximum atomic E-state index is 11.6. The van der Waals surface area contributed by atoms with Gasteiger partial charge in [-0.1, -0.05) is 19.1 Å². The van der Waals surface area contributed by atoms with Gasteiger partial charge in [-0.3, -0.25) is 4.79 Å². The molecule has 1 aliphatic rings. The highest BCUT2D eigenvalue weighted by Crippen LogP contribution is 2.28. The Bertz CT molecular complexity index is 376. The van der Waals surface area contributed by atoms with Gasteiger partial charge in [0.15, 0.2) is 0 Å². The van der Waals surface area contributed by atoms with Crippen LogP contribution in [0.25, 0.3) is 0 Å². The molecule has 1 aromatic carbocycles. The Morgan fingerprint density at radius 2 is 2.33 bits per heavy atom. The lowest BCUT2D eigenvalue weighted by Crippen LogP contribution is -2.28. The molecular formula is C12H16N2O. The Morgan fingerprint density at radius 1 is 1.60 bits per heavy atom. The van der Waals surface area contributed by atoms with Crippen molar-refractivity contribution < 1.29 is 4.79 Å². The molecule has 3 N–H and O–H groups in total. The summed E-state index contributed by atoms with van der Waals surface area (Å²) >= 11 is 0. The molecule has 1 saturated carbocycles. The third-order valence-electron chi connectivity index (χ3n) is 2.77. The molecule has 1 aliphatic carbocycles. The van der Waals surface area contributed by atoms with Crippen molar-refractivity contribution in [3.63, 3.8) is 0 Å². The van der Waals surface area contributed by atoms with E-state index in [0.29, 0.717) is 24.1 Å². The Balaban J connectivity index is 1.88. The largest absolute Gasteiger partial charge is 0.399 e. The molecule has 0 spiro atoms. The van der Waals surface area contributed by atoms with Crippen LogP contribution in [0.5, 0.6) is 0 Å². The number of hydrogen-bond donors (Lipinski definition) is 2. The summed E-state index contributed by atoms with van der Waals surface area (Å²) in [6, 6.07) is 7.86. The lowest BCUT2D eigenvalue weighted by atomic mass is 10.1. The number of hydrogen-bond acceptors (Lipinski definition) is 2. The maximum Gasteiger partial charge on any atom is 0.224 e. The first-order valence-electron chi connectivity index (χ1n) is 5.29. The smallest absolute Gasteiger partial charge is 0.224 e. The van der Waals surface area contributed by atoms with Crippen molar-refractivity contribution in [2.24, 2.45) is 5.92 Å². The van der Waals surface area contributed by atoms with E-state index in [2.05, 4.69) is 12.2 Å². The zero-order chi connectivity index (χ0) is 10.8. The van der Waals surface area contributed by atoms with Gasteiger partial charge in [0.2, 0.25) is 5.91 Å². The summed E-state index contributed by atoms with van der Waals surface area (Å²) in [7, 11) is 0. The molecular weight excluding hydrogens is 188 g/mol. The molecule has 2 atom stereocenters. The molecule has 1 aromatic rings. The minimum atomic E-state index is 0.0925. The van der Waals surface area contributed by atoms with Crippen LogP contribution in [0.2, 0.25) is 0 Å². The van der Waals surface area contributed by atoms with E-state index in [1.54, 1.807) is 0 Å². The van der Waals surface area contributed by atoms with Crippen LogP contribution in [-0.4, -0.2) is 11.9 Å². The van der Waals surface area contributed by atoms with E-state index in [4.69, 9.17) is 5.73 Å². The second-order valence-electron chi connectivity index (χ2n) is 4.31. The fraction of sp³-hybridized carbons (Fsp3) is 0.417. The summed E-state index contributed by atoms with van der Waals surface area (Å²) in [5, 5.41) is 2.99. The Hall–Kier alpha value is -1.51. The highest BCUT2D eigenvalue weighted by atomic mass is 16.1. The van der Waals surface area contributed by atoms with E-state index in [0.717, 1.165) is 12.0 Å². The number of benzene rings is 1. The topological polar surface area (TPSA) is 55.1 Å². The van der Waals surface area contributed by atoms with Crippen LogP contribution in [0, 0.1) is 5.92 Å². The lowest BCUT2D eigenvalue weighted by molar-refractivity contribution is -0.120. The highest BCUT2D eigenvalue weighted by Gasteiger charge is 2.33. The quantitative estimate of drug-likeness (QED) is 0.730. The van der Waals surface area contributed by atoms with E-state index in [9.17, 15) is 4.79 Å². The van der Waals surface area contributed by atoms with Gasteiger partial charge < -0.3 is 11.1 Å². The van der Waals surface area contributed by atoms with Gasteiger partial charge in [0.05, 0.1) is 6.42 Å². The molecule has 15 heavy (non-hydrogen) atoms. The minimum Gasteiger partial charge on any atom is -0.399 e. The summed E-state index contributed by atoms with van der Waals surface area (Å²) in [6.45, 7) is 2.14. The SMILES string of the molecule is CC1CC1NC(=O)Cc1cccc(N)c1. The molecule has 0 radical (unpaired) electrons. The molecule has 3 nitrogen and oxygen atoms in total. The average Bonchev–Trinajstić information content (AvgIpc) is 2.81. The van der Waals surface area contributed by atoms with Crippen LogP contribution in [0.4, 0.5) is 5.69 Å². The summed E-state index contributed by atoms with van der Waals surface area (Å²) in [6.07, 6.45) is 1.54. The van der Waals surface area contributed by atoms with Crippen molar-refractivity contribution in [3.8, 4) is 0 Å². The number of rotatable bonds is 3. The number of carbonyl (C=O) groups excluding carboxylic acids is 1. The first-order chi connectivity index (χ1) is 7.15. The van der Waals surface area contributed by atoms with E-state index in [1.165, 1.54) is 0 Å². The Morgan fingerprint density at radius 3 is 2.93 bits per heavy atom. The zero-order valence-corrected chi connectivity index (χ0v) is 8.86.